The minimum Gasteiger partial charge on any atom is -0.380 e. The summed E-state index contributed by atoms with van der Waals surface area (Å²) in [5.41, 5.74) is 3.65. The van der Waals surface area contributed by atoms with Crippen LogP contribution in [0.1, 0.15) is 22.3 Å². The molecule has 0 bridgehead atoms. The van der Waals surface area contributed by atoms with Gasteiger partial charge in [-0.15, -0.1) is 0 Å². The van der Waals surface area contributed by atoms with Crippen molar-refractivity contribution in [2.75, 3.05) is 0 Å². The SMILES string of the molecule is N#Cc1c(F)cccc1-c1ccc(CNC(=O)[C@H](O)[C@@H](O)C(=O)N2Cc3ccccc3C2)cc1. The first-order valence-corrected chi connectivity index (χ1v) is 10.7. The molecule has 0 saturated carbocycles. The lowest BCUT2D eigenvalue weighted by Gasteiger charge is -2.22. The Morgan fingerprint density at radius 1 is 0.971 bits per heavy atom. The first-order chi connectivity index (χ1) is 16.4. The third-order valence-corrected chi connectivity index (χ3v) is 5.83. The highest BCUT2D eigenvalue weighted by Gasteiger charge is 2.35. The molecule has 2 atom stereocenters. The molecule has 2 amide bonds. The van der Waals surface area contributed by atoms with Crippen LogP contribution in [-0.2, 0) is 29.2 Å². The first kappa shape index (κ1) is 23.1. The van der Waals surface area contributed by atoms with Crippen molar-refractivity contribution in [3.8, 4) is 17.2 Å². The highest BCUT2D eigenvalue weighted by molar-refractivity contribution is 5.91. The fraction of sp³-hybridized carbons (Fsp3) is 0.192. The number of nitrogens with one attached hydrogen (secondary N) is 1. The molecule has 1 aliphatic rings. The normalized spacial score (nSPS) is 14.1. The van der Waals surface area contributed by atoms with Crippen LogP contribution in [0.2, 0.25) is 0 Å². The minimum absolute atomic E-state index is 0.0422. The number of aliphatic hydroxyl groups excluding tert-OH is 2. The van der Waals surface area contributed by atoms with E-state index in [-0.39, 0.29) is 12.1 Å². The summed E-state index contributed by atoms with van der Waals surface area (Å²) < 4.78 is 13.8. The molecule has 0 unspecified atom stereocenters. The topological polar surface area (TPSA) is 114 Å². The second kappa shape index (κ2) is 9.83. The average molecular weight is 459 g/mol. The van der Waals surface area contributed by atoms with Gasteiger partial charge in [0.15, 0.2) is 12.2 Å². The van der Waals surface area contributed by atoms with Crippen LogP contribution in [0.3, 0.4) is 0 Å². The van der Waals surface area contributed by atoms with Gasteiger partial charge in [-0.1, -0.05) is 60.7 Å². The Bertz CT molecular complexity index is 1240. The summed E-state index contributed by atoms with van der Waals surface area (Å²) in [7, 11) is 0. The maximum Gasteiger partial charge on any atom is 0.255 e. The van der Waals surface area contributed by atoms with Gasteiger partial charge in [0.2, 0.25) is 0 Å². The molecule has 3 aromatic carbocycles. The van der Waals surface area contributed by atoms with E-state index in [4.69, 9.17) is 0 Å². The number of aliphatic hydroxyl groups is 2. The van der Waals surface area contributed by atoms with Gasteiger partial charge in [0.25, 0.3) is 11.8 Å². The van der Waals surface area contributed by atoms with Gasteiger partial charge in [-0.2, -0.15) is 5.26 Å². The van der Waals surface area contributed by atoms with Crippen LogP contribution in [0, 0.1) is 17.1 Å². The Labute approximate surface area is 195 Å². The van der Waals surface area contributed by atoms with Gasteiger partial charge in [-0.25, -0.2) is 4.39 Å². The number of hydrogen-bond acceptors (Lipinski definition) is 5. The second-order valence-corrected chi connectivity index (χ2v) is 8.04. The molecule has 0 fully saturated rings. The quantitative estimate of drug-likeness (QED) is 0.523. The smallest absolute Gasteiger partial charge is 0.255 e. The molecule has 3 N–H and O–H groups in total. The van der Waals surface area contributed by atoms with Crippen molar-refractivity contribution in [3.63, 3.8) is 0 Å². The Hall–Kier alpha value is -4.06. The van der Waals surface area contributed by atoms with Crippen LogP contribution < -0.4 is 5.32 Å². The standard InChI is InChI=1S/C26H22FN3O4/c27-22-7-3-6-20(21(22)12-28)17-10-8-16(9-11-17)13-29-25(33)23(31)24(32)26(34)30-14-18-4-1-2-5-19(18)15-30/h1-11,23-24,31-32H,13-15H2,(H,29,33)/t23-,24-/m1/s1. The van der Waals surface area contributed by atoms with Crippen molar-refractivity contribution < 1.29 is 24.2 Å². The molecule has 8 heteroatoms. The summed E-state index contributed by atoms with van der Waals surface area (Å²) in [4.78, 5) is 26.3. The van der Waals surface area contributed by atoms with Crippen molar-refractivity contribution in [1.82, 2.24) is 10.2 Å². The maximum absolute atomic E-state index is 13.8. The van der Waals surface area contributed by atoms with E-state index in [1.807, 2.05) is 30.3 Å². The number of nitrogens with zero attached hydrogens (tertiary/aromatic N) is 2. The molecule has 1 heterocycles. The number of nitriles is 1. The molecule has 0 aromatic heterocycles. The Balaban J connectivity index is 1.34. The van der Waals surface area contributed by atoms with Crippen LogP contribution in [0.5, 0.6) is 0 Å². The number of carbonyl (C=O) groups is 2. The fourth-order valence-electron chi connectivity index (χ4n) is 3.93. The molecular weight excluding hydrogens is 437 g/mol. The Morgan fingerprint density at radius 3 is 2.24 bits per heavy atom. The van der Waals surface area contributed by atoms with Crippen LogP contribution >= 0.6 is 0 Å². The van der Waals surface area contributed by atoms with Gasteiger partial charge in [0.1, 0.15) is 11.9 Å². The first-order valence-electron chi connectivity index (χ1n) is 10.7. The number of rotatable bonds is 6. The summed E-state index contributed by atoms with van der Waals surface area (Å²) in [6.45, 7) is 0.664. The van der Waals surface area contributed by atoms with Crippen LogP contribution in [0.15, 0.2) is 66.7 Å². The number of carbonyl (C=O) groups excluding carboxylic acids is 2. The Morgan fingerprint density at radius 2 is 1.62 bits per heavy atom. The highest BCUT2D eigenvalue weighted by Crippen LogP contribution is 2.26. The molecule has 3 aromatic rings. The average Bonchev–Trinajstić information content (AvgIpc) is 3.30. The van der Waals surface area contributed by atoms with Crippen LogP contribution in [0.25, 0.3) is 11.1 Å². The molecule has 0 spiro atoms. The molecule has 0 saturated heterocycles. The van der Waals surface area contributed by atoms with E-state index in [1.165, 1.54) is 17.0 Å². The third-order valence-electron chi connectivity index (χ3n) is 5.83. The summed E-state index contributed by atoms with van der Waals surface area (Å²) in [5, 5.41) is 32.2. The van der Waals surface area contributed by atoms with Crippen molar-refractivity contribution in [1.29, 1.82) is 5.26 Å². The van der Waals surface area contributed by atoms with Gasteiger partial charge in [-0.05, 0) is 28.3 Å². The zero-order valence-corrected chi connectivity index (χ0v) is 18.1. The fourth-order valence-corrected chi connectivity index (χ4v) is 3.93. The molecular formula is C26H22FN3O4. The van der Waals surface area contributed by atoms with Gasteiger partial charge in [0.05, 0.1) is 5.56 Å². The van der Waals surface area contributed by atoms with E-state index in [9.17, 15) is 29.5 Å². The molecule has 7 nitrogen and oxygen atoms in total. The monoisotopic (exact) mass is 459 g/mol. The highest BCUT2D eigenvalue weighted by atomic mass is 19.1. The van der Waals surface area contributed by atoms with Crippen LogP contribution in [-0.4, -0.2) is 39.1 Å². The predicted octanol–water partition coefficient (Wildman–Crippen LogP) is 2.24. The number of fused-ring (bicyclic) bond motifs is 1. The number of hydrogen-bond donors (Lipinski definition) is 3. The number of amides is 2. The van der Waals surface area contributed by atoms with Gasteiger partial charge < -0.3 is 20.4 Å². The summed E-state index contributed by atoms with van der Waals surface area (Å²) in [5.74, 6) is -2.19. The second-order valence-electron chi connectivity index (χ2n) is 8.04. The lowest BCUT2D eigenvalue weighted by Crippen LogP contribution is -2.49. The molecule has 1 aliphatic heterocycles. The van der Waals surface area contributed by atoms with Crippen molar-refractivity contribution in [2.45, 2.75) is 31.8 Å². The largest absolute Gasteiger partial charge is 0.380 e. The zero-order valence-electron chi connectivity index (χ0n) is 18.1. The molecule has 4 rings (SSSR count). The molecule has 0 aliphatic carbocycles. The number of halogens is 1. The van der Waals surface area contributed by atoms with E-state index >= 15 is 0 Å². The summed E-state index contributed by atoms with van der Waals surface area (Å²) in [6.07, 6.45) is -3.80. The van der Waals surface area contributed by atoms with Crippen LogP contribution in [0.4, 0.5) is 4.39 Å². The van der Waals surface area contributed by atoms with Gasteiger partial charge >= 0.3 is 0 Å². The number of benzene rings is 3. The van der Waals surface area contributed by atoms with E-state index < -0.39 is 29.8 Å². The van der Waals surface area contributed by atoms with E-state index in [0.717, 1.165) is 11.1 Å². The maximum atomic E-state index is 13.8. The van der Waals surface area contributed by atoms with E-state index in [0.29, 0.717) is 29.8 Å². The van der Waals surface area contributed by atoms with E-state index in [2.05, 4.69) is 5.32 Å². The minimum atomic E-state index is -1.92. The van der Waals surface area contributed by atoms with Crippen molar-refractivity contribution in [3.05, 3.63) is 94.8 Å². The Kier molecular flexibility index (Phi) is 6.68. The summed E-state index contributed by atoms with van der Waals surface area (Å²) >= 11 is 0. The predicted molar refractivity (Wildman–Crippen MR) is 121 cm³/mol. The van der Waals surface area contributed by atoms with Crippen molar-refractivity contribution >= 4 is 11.8 Å². The molecule has 0 radical (unpaired) electrons. The zero-order chi connectivity index (χ0) is 24.2. The summed E-state index contributed by atoms with van der Waals surface area (Å²) in [6, 6.07) is 20.5. The molecule has 34 heavy (non-hydrogen) atoms. The van der Waals surface area contributed by atoms with Gasteiger partial charge in [-0.3, -0.25) is 9.59 Å². The lowest BCUT2D eigenvalue weighted by atomic mass is 9.99. The van der Waals surface area contributed by atoms with E-state index in [1.54, 1.807) is 30.3 Å². The third kappa shape index (κ3) is 4.66. The lowest BCUT2D eigenvalue weighted by molar-refractivity contribution is -0.153. The molecule has 172 valence electrons. The van der Waals surface area contributed by atoms with Gasteiger partial charge in [0, 0.05) is 25.2 Å². The van der Waals surface area contributed by atoms with Crippen molar-refractivity contribution in [2.24, 2.45) is 0 Å².